The fourth-order valence-electron chi connectivity index (χ4n) is 1.20. The molecule has 6 heteroatoms. The van der Waals surface area contributed by atoms with E-state index in [-0.39, 0.29) is 24.2 Å². The minimum Gasteiger partial charge on any atom is -0.349 e. The molecule has 1 rings (SSSR count). The van der Waals surface area contributed by atoms with Crippen LogP contribution in [-0.4, -0.2) is 21.9 Å². The fraction of sp³-hybridized carbons (Fsp3) is 0.545. The van der Waals surface area contributed by atoms with E-state index in [9.17, 15) is 4.79 Å². The first-order chi connectivity index (χ1) is 7.50. The van der Waals surface area contributed by atoms with Crippen LogP contribution in [-0.2, 0) is 11.3 Å². The smallest absolute Gasteiger partial charge is 0.237 e. The number of halogens is 1. The van der Waals surface area contributed by atoms with Crippen molar-refractivity contribution < 1.29 is 4.79 Å². The topological polar surface area (TPSA) is 80.9 Å². The van der Waals surface area contributed by atoms with Crippen molar-refractivity contribution in [2.45, 2.75) is 33.4 Å². The molecule has 0 saturated heterocycles. The number of aromatic nitrogens is 2. The Kier molecular flexibility index (Phi) is 6.68. The van der Waals surface area contributed by atoms with Gasteiger partial charge in [-0.25, -0.2) is 9.97 Å². The lowest BCUT2D eigenvalue weighted by Crippen LogP contribution is -2.43. The molecule has 1 aromatic rings. The van der Waals surface area contributed by atoms with Crippen LogP contribution in [0.25, 0.3) is 0 Å². The van der Waals surface area contributed by atoms with E-state index >= 15 is 0 Å². The van der Waals surface area contributed by atoms with E-state index in [1.807, 2.05) is 20.8 Å². The van der Waals surface area contributed by atoms with Gasteiger partial charge in [0.1, 0.15) is 5.82 Å². The number of nitrogens with zero attached hydrogens (tertiary/aromatic N) is 2. The standard InChI is InChI=1S/C11H18N4O.ClH/c1-7(2)10(12)11(16)14-6-9-4-5-13-8(3)15-9;/h4-5,7,10H,6,12H2,1-3H3,(H,14,16);1H/t10-;/m0./s1. The normalized spacial score (nSPS) is 11.8. The zero-order valence-electron chi connectivity index (χ0n) is 10.3. The van der Waals surface area contributed by atoms with Crippen molar-refractivity contribution in [3.05, 3.63) is 23.8 Å². The van der Waals surface area contributed by atoms with Gasteiger partial charge in [0.25, 0.3) is 0 Å². The van der Waals surface area contributed by atoms with Crippen molar-refractivity contribution in [1.29, 1.82) is 0 Å². The number of hydrogen-bond acceptors (Lipinski definition) is 4. The Morgan fingerprint density at radius 1 is 1.53 bits per heavy atom. The first-order valence-electron chi connectivity index (χ1n) is 5.32. The molecular formula is C11H19ClN4O. The van der Waals surface area contributed by atoms with Crippen LogP contribution in [0.5, 0.6) is 0 Å². The van der Waals surface area contributed by atoms with Crippen molar-refractivity contribution in [3.8, 4) is 0 Å². The van der Waals surface area contributed by atoms with Crippen molar-refractivity contribution in [3.63, 3.8) is 0 Å². The molecule has 1 atom stereocenters. The highest BCUT2D eigenvalue weighted by Gasteiger charge is 2.16. The van der Waals surface area contributed by atoms with Crippen LogP contribution < -0.4 is 11.1 Å². The summed E-state index contributed by atoms with van der Waals surface area (Å²) in [4.78, 5) is 19.7. The Labute approximate surface area is 108 Å². The zero-order valence-corrected chi connectivity index (χ0v) is 11.1. The van der Waals surface area contributed by atoms with Gasteiger partial charge in [-0.15, -0.1) is 12.4 Å². The van der Waals surface area contributed by atoms with E-state index in [0.717, 1.165) is 5.69 Å². The van der Waals surface area contributed by atoms with Crippen molar-refractivity contribution in [2.75, 3.05) is 0 Å². The summed E-state index contributed by atoms with van der Waals surface area (Å²) in [6.07, 6.45) is 1.67. The Balaban J connectivity index is 0.00000256. The molecule has 1 amide bonds. The van der Waals surface area contributed by atoms with Crippen LogP contribution >= 0.6 is 12.4 Å². The Morgan fingerprint density at radius 3 is 2.71 bits per heavy atom. The molecule has 96 valence electrons. The van der Waals surface area contributed by atoms with Gasteiger partial charge < -0.3 is 11.1 Å². The predicted molar refractivity (Wildman–Crippen MR) is 68.7 cm³/mol. The maximum absolute atomic E-state index is 11.6. The van der Waals surface area contributed by atoms with Crippen LogP contribution in [0.4, 0.5) is 0 Å². The summed E-state index contributed by atoms with van der Waals surface area (Å²) in [7, 11) is 0. The highest BCUT2D eigenvalue weighted by atomic mass is 35.5. The molecule has 1 aromatic heterocycles. The van der Waals surface area contributed by atoms with E-state index in [1.165, 1.54) is 0 Å². The second-order valence-electron chi connectivity index (χ2n) is 4.08. The number of rotatable bonds is 4. The zero-order chi connectivity index (χ0) is 12.1. The van der Waals surface area contributed by atoms with Gasteiger partial charge in [0.2, 0.25) is 5.91 Å². The third kappa shape index (κ3) is 5.10. The van der Waals surface area contributed by atoms with Gasteiger partial charge in [-0.2, -0.15) is 0 Å². The summed E-state index contributed by atoms with van der Waals surface area (Å²) < 4.78 is 0. The third-order valence-corrected chi connectivity index (χ3v) is 2.30. The van der Waals surface area contributed by atoms with Crippen LogP contribution in [0.3, 0.4) is 0 Å². The summed E-state index contributed by atoms with van der Waals surface area (Å²) in [5, 5.41) is 2.75. The van der Waals surface area contributed by atoms with Crippen molar-refractivity contribution in [1.82, 2.24) is 15.3 Å². The van der Waals surface area contributed by atoms with Gasteiger partial charge in [0, 0.05) is 6.20 Å². The number of aryl methyl sites for hydroxylation is 1. The molecule has 0 aromatic carbocycles. The number of carbonyl (C=O) groups excluding carboxylic acids is 1. The van der Waals surface area contributed by atoms with E-state index in [2.05, 4.69) is 15.3 Å². The highest BCUT2D eigenvalue weighted by Crippen LogP contribution is 1.99. The van der Waals surface area contributed by atoms with Gasteiger partial charge in [0.05, 0.1) is 18.3 Å². The molecule has 5 nitrogen and oxygen atoms in total. The first kappa shape index (κ1) is 15.8. The molecule has 0 bridgehead atoms. The number of amides is 1. The summed E-state index contributed by atoms with van der Waals surface area (Å²) in [6.45, 7) is 6.03. The SMILES string of the molecule is Cc1nccc(CNC(=O)[C@@H](N)C(C)C)n1.Cl. The summed E-state index contributed by atoms with van der Waals surface area (Å²) in [5.41, 5.74) is 6.50. The van der Waals surface area contributed by atoms with Gasteiger partial charge >= 0.3 is 0 Å². The van der Waals surface area contributed by atoms with E-state index < -0.39 is 6.04 Å². The summed E-state index contributed by atoms with van der Waals surface area (Å²) in [5.74, 6) is 0.679. The average molecular weight is 259 g/mol. The van der Waals surface area contributed by atoms with Crippen LogP contribution in [0.15, 0.2) is 12.3 Å². The minimum atomic E-state index is -0.470. The Bertz CT molecular complexity index is 370. The number of nitrogens with two attached hydrogens (primary N) is 1. The lowest BCUT2D eigenvalue weighted by Gasteiger charge is -2.15. The largest absolute Gasteiger partial charge is 0.349 e. The molecule has 0 fully saturated rings. The van der Waals surface area contributed by atoms with Crippen molar-refractivity contribution >= 4 is 18.3 Å². The maximum atomic E-state index is 11.6. The maximum Gasteiger partial charge on any atom is 0.237 e. The third-order valence-electron chi connectivity index (χ3n) is 2.30. The van der Waals surface area contributed by atoms with Crippen LogP contribution in [0.1, 0.15) is 25.4 Å². The molecule has 0 aliphatic heterocycles. The highest BCUT2D eigenvalue weighted by molar-refractivity contribution is 5.85. The molecule has 17 heavy (non-hydrogen) atoms. The summed E-state index contributed by atoms with van der Waals surface area (Å²) >= 11 is 0. The number of carbonyl (C=O) groups is 1. The van der Waals surface area contributed by atoms with E-state index in [4.69, 9.17) is 5.73 Å². The van der Waals surface area contributed by atoms with Crippen molar-refractivity contribution in [2.24, 2.45) is 11.7 Å². The Morgan fingerprint density at radius 2 is 2.18 bits per heavy atom. The molecular weight excluding hydrogens is 240 g/mol. The fourth-order valence-corrected chi connectivity index (χ4v) is 1.20. The van der Waals surface area contributed by atoms with Gasteiger partial charge in [0.15, 0.2) is 0 Å². The second-order valence-corrected chi connectivity index (χ2v) is 4.08. The molecule has 0 unspecified atom stereocenters. The average Bonchev–Trinajstić information content (AvgIpc) is 2.24. The minimum absolute atomic E-state index is 0. The number of hydrogen-bond donors (Lipinski definition) is 2. The molecule has 0 saturated carbocycles. The van der Waals surface area contributed by atoms with Crippen LogP contribution in [0.2, 0.25) is 0 Å². The predicted octanol–water partition coefficient (Wildman–Crippen LogP) is 0.806. The lowest BCUT2D eigenvalue weighted by molar-refractivity contribution is -0.123. The first-order valence-corrected chi connectivity index (χ1v) is 5.32. The molecule has 1 heterocycles. The van der Waals surface area contributed by atoms with Gasteiger partial charge in [-0.3, -0.25) is 4.79 Å². The molecule has 0 aliphatic rings. The van der Waals surface area contributed by atoms with E-state index in [0.29, 0.717) is 12.4 Å². The van der Waals surface area contributed by atoms with Gasteiger partial charge in [-0.1, -0.05) is 13.8 Å². The lowest BCUT2D eigenvalue weighted by atomic mass is 10.1. The molecule has 0 aliphatic carbocycles. The van der Waals surface area contributed by atoms with Gasteiger partial charge in [-0.05, 0) is 18.9 Å². The Hall–Kier alpha value is -1.20. The van der Waals surface area contributed by atoms with E-state index in [1.54, 1.807) is 12.3 Å². The molecule has 3 N–H and O–H groups in total. The quantitative estimate of drug-likeness (QED) is 0.837. The summed E-state index contributed by atoms with van der Waals surface area (Å²) in [6, 6.07) is 1.30. The van der Waals surface area contributed by atoms with Crippen LogP contribution in [0, 0.1) is 12.8 Å². The second kappa shape index (κ2) is 7.19. The molecule has 0 radical (unpaired) electrons. The number of nitrogens with one attached hydrogen (secondary N) is 1. The monoisotopic (exact) mass is 258 g/mol. The molecule has 0 spiro atoms.